The summed E-state index contributed by atoms with van der Waals surface area (Å²) in [5.41, 5.74) is 3.50. The number of nitrogens with zero attached hydrogens (tertiary/aromatic N) is 3. The van der Waals surface area contributed by atoms with Crippen molar-refractivity contribution in [3.63, 3.8) is 0 Å². The van der Waals surface area contributed by atoms with Crippen molar-refractivity contribution in [2.24, 2.45) is 11.8 Å². The maximum Gasteiger partial charge on any atom is 1.00 e. The topological polar surface area (TPSA) is 113 Å². The van der Waals surface area contributed by atoms with E-state index in [-0.39, 0.29) is 68.7 Å². The number of aromatic nitrogens is 2. The first-order valence-corrected chi connectivity index (χ1v) is 18.7. The molecule has 0 spiro atoms. The Bertz CT molecular complexity index is 1350. The average Bonchev–Trinajstić information content (AvgIpc) is 3.51. The smallest absolute Gasteiger partial charge is 0.835 e. The summed E-state index contributed by atoms with van der Waals surface area (Å²) >= 11 is 1.76. The van der Waals surface area contributed by atoms with Crippen LogP contribution in [0.4, 0.5) is 0 Å². The molecule has 270 valence electrons. The van der Waals surface area contributed by atoms with Crippen LogP contribution in [0.15, 0.2) is 42.9 Å². The molecule has 1 aliphatic carbocycles. The second-order valence-corrected chi connectivity index (χ2v) is 15.5. The van der Waals surface area contributed by atoms with Gasteiger partial charge in [-0.15, -0.1) is 11.3 Å². The Kier molecular flexibility index (Phi) is 24.0. The monoisotopic (exact) mass is 720 g/mol. The first-order chi connectivity index (χ1) is 22.2. The van der Waals surface area contributed by atoms with Gasteiger partial charge in [0.25, 0.3) is 0 Å². The molecule has 2 unspecified atom stereocenters. The molecule has 3 aromatic rings. The number of ketones is 1. The van der Waals surface area contributed by atoms with Crippen LogP contribution in [0.25, 0.3) is 21.6 Å². The van der Waals surface area contributed by atoms with Gasteiger partial charge in [-0.25, -0.2) is 4.98 Å². The zero-order valence-corrected chi connectivity index (χ0v) is 36.7. The molecule has 0 amide bonds. The van der Waals surface area contributed by atoms with Crippen LogP contribution in [0.2, 0.25) is 0 Å². The standard InChI is InChI=1S/C28H37N4OS.C7H16.C5H10O.K.H2O/c1-19(2)31-28(3,33)25-14-22(23-13-20(15-29-16-23)18-32(4)5)11-12-24(25)26-17-30-27(34-26)21-9-7-6-8-10-21;1-5-7(4)6(2)3;1-3-4-5(2)6;;/h11-17,19,21,31H,6-10,18H2,1-5H3;6-7H,5H2,1-4H3;3-4H2,1-2H3;;1H2/q-1;;;+1;. The summed E-state index contributed by atoms with van der Waals surface area (Å²) in [4.78, 5) is 22.5. The predicted molar refractivity (Wildman–Crippen MR) is 203 cm³/mol. The summed E-state index contributed by atoms with van der Waals surface area (Å²) in [5.74, 6) is 2.62. The summed E-state index contributed by atoms with van der Waals surface area (Å²) < 4.78 is 0. The first kappa shape index (κ1) is 48.1. The second-order valence-electron chi connectivity index (χ2n) is 14.4. The number of thiazole rings is 1. The van der Waals surface area contributed by atoms with Crippen LogP contribution in [0.5, 0.6) is 0 Å². The molecule has 7 nitrogen and oxygen atoms in total. The molecule has 4 rings (SSSR count). The Morgan fingerprint density at radius 2 is 1.67 bits per heavy atom. The fourth-order valence-corrected chi connectivity index (χ4v) is 6.96. The Morgan fingerprint density at radius 1 is 1.02 bits per heavy atom. The second kappa shape index (κ2) is 24.4. The Balaban J connectivity index is 0.00000131. The third-order valence-electron chi connectivity index (χ3n) is 8.85. The third-order valence-corrected chi connectivity index (χ3v) is 10.0. The van der Waals surface area contributed by atoms with Gasteiger partial charge in [-0.3, -0.25) is 4.98 Å². The Hall–Kier alpha value is -0.854. The number of pyridine rings is 1. The van der Waals surface area contributed by atoms with E-state index in [4.69, 9.17) is 4.98 Å². The normalized spacial score (nSPS) is 14.8. The van der Waals surface area contributed by atoms with Gasteiger partial charge in [0.1, 0.15) is 5.78 Å². The van der Waals surface area contributed by atoms with E-state index in [9.17, 15) is 9.90 Å². The van der Waals surface area contributed by atoms with Gasteiger partial charge in [0.15, 0.2) is 0 Å². The summed E-state index contributed by atoms with van der Waals surface area (Å²) in [6.07, 6.45) is 15.1. The molecule has 1 fully saturated rings. The SMILES string of the molecule is CC(C)NC(C)([O-])c1cc(-c2cncc(CN(C)C)c2)ccc1-c1cnc(C2CCCCC2)s1.CCC(C)C(C)C.CCCC(C)=O.O.[K+]. The van der Waals surface area contributed by atoms with Gasteiger partial charge in [0.05, 0.1) is 9.88 Å². The summed E-state index contributed by atoms with van der Waals surface area (Å²) in [5, 5.41) is 18.3. The van der Waals surface area contributed by atoms with Crippen molar-refractivity contribution in [3.8, 4) is 21.6 Å². The van der Waals surface area contributed by atoms with Gasteiger partial charge in [-0.2, -0.15) is 0 Å². The third kappa shape index (κ3) is 17.0. The van der Waals surface area contributed by atoms with E-state index < -0.39 is 5.72 Å². The van der Waals surface area contributed by atoms with E-state index in [2.05, 4.69) is 75.2 Å². The Morgan fingerprint density at radius 3 is 2.16 bits per heavy atom. The van der Waals surface area contributed by atoms with Gasteiger partial charge in [-0.1, -0.05) is 93.2 Å². The molecular formula is C40H65KN4O3S. The quantitative estimate of drug-likeness (QED) is 0.188. The van der Waals surface area contributed by atoms with Crippen LogP contribution < -0.4 is 61.8 Å². The van der Waals surface area contributed by atoms with Gasteiger partial charge in [-0.05, 0) is 92.2 Å². The minimum absolute atomic E-state index is 0. The van der Waals surface area contributed by atoms with Crippen molar-refractivity contribution in [1.29, 1.82) is 0 Å². The molecule has 0 aliphatic heterocycles. The van der Waals surface area contributed by atoms with Gasteiger partial charge in [0.2, 0.25) is 0 Å². The molecule has 2 heterocycles. The number of rotatable bonds is 12. The van der Waals surface area contributed by atoms with Gasteiger partial charge < -0.3 is 25.6 Å². The summed E-state index contributed by atoms with van der Waals surface area (Å²) in [7, 11) is 4.10. The maximum atomic E-state index is 13.9. The van der Waals surface area contributed by atoms with Crippen LogP contribution in [-0.2, 0) is 17.1 Å². The molecule has 0 radical (unpaired) electrons. The van der Waals surface area contributed by atoms with Crippen molar-refractivity contribution in [3.05, 3.63) is 59.0 Å². The largest absolute Gasteiger partial charge is 1.00 e. The van der Waals surface area contributed by atoms with Crippen molar-refractivity contribution in [1.82, 2.24) is 20.2 Å². The van der Waals surface area contributed by atoms with Crippen LogP contribution in [0, 0.1) is 11.8 Å². The summed E-state index contributed by atoms with van der Waals surface area (Å²) in [6.45, 7) is 19.3. The molecule has 0 saturated heterocycles. The van der Waals surface area contributed by atoms with Crippen molar-refractivity contribution < 1.29 is 66.8 Å². The fourth-order valence-electron chi connectivity index (χ4n) is 5.83. The van der Waals surface area contributed by atoms with Crippen molar-refractivity contribution in [2.45, 2.75) is 138 Å². The van der Waals surface area contributed by atoms with Crippen LogP contribution in [-0.4, -0.2) is 46.3 Å². The molecule has 1 aromatic carbocycles. The molecule has 49 heavy (non-hydrogen) atoms. The molecular weight excluding hydrogens is 656 g/mol. The molecule has 9 heteroatoms. The van der Waals surface area contributed by atoms with E-state index in [1.807, 2.05) is 45.4 Å². The van der Waals surface area contributed by atoms with Crippen molar-refractivity contribution in [2.75, 3.05) is 14.1 Å². The summed E-state index contributed by atoms with van der Waals surface area (Å²) in [6, 6.07) is 8.50. The first-order valence-electron chi connectivity index (χ1n) is 17.9. The average molecular weight is 721 g/mol. The Labute approximate surface area is 345 Å². The fraction of sp³-hybridized carbons (Fsp3) is 0.625. The number of hydrogen-bond donors (Lipinski definition) is 1. The number of carbonyl (C=O) groups is 1. The van der Waals surface area contributed by atoms with E-state index >= 15 is 0 Å². The minimum Gasteiger partial charge on any atom is -0.835 e. The number of carbonyl (C=O) groups excluding carboxylic acids is 1. The molecule has 0 bridgehead atoms. The van der Waals surface area contributed by atoms with E-state index in [1.165, 1.54) is 43.5 Å². The van der Waals surface area contributed by atoms with Gasteiger partial charge in [0, 0.05) is 49.1 Å². The molecule has 2 atom stereocenters. The zero-order chi connectivity index (χ0) is 35.1. The molecule has 2 aromatic heterocycles. The number of Topliss-reactive ketones (excluding diaryl/α,β-unsaturated/α-hetero) is 1. The maximum absolute atomic E-state index is 13.9. The van der Waals surface area contributed by atoms with E-state index in [0.717, 1.165) is 63.9 Å². The van der Waals surface area contributed by atoms with E-state index in [0.29, 0.717) is 5.92 Å². The number of benzene rings is 1. The molecule has 1 saturated carbocycles. The molecule has 1 aliphatic rings. The van der Waals surface area contributed by atoms with Crippen molar-refractivity contribution >= 4 is 17.1 Å². The van der Waals surface area contributed by atoms with Crippen LogP contribution in [0.3, 0.4) is 0 Å². The van der Waals surface area contributed by atoms with Gasteiger partial charge >= 0.3 is 51.4 Å². The van der Waals surface area contributed by atoms with E-state index in [1.54, 1.807) is 25.2 Å². The van der Waals surface area contributed by atoms with Crippen LogP contribution in [0.1, 0.15) is 136 Å². The van der Waals surface area contributed by atoms with Crippen LogP contribution >= 0.6 is 11.3 Å². The predicted octanol–water partition coefficient (Wildman–Crippen LogP) is 5.76. The number of hydrogen-bond acceptors (Lipinski definition) is 7. The molecule has 3 N–H and O–H groups in total. The zero-order valence-electron chi connectivity index (χ0n) is 32.8. The number of nitrogens with one attached hydrogen (secondary N) is 1. The minimum atomic E-state index is -1.43.